The summed E-state index contributed by atoms with van der Waals surface area (Å²) in [5, 5.41) is 14.2. The van der Waals surface area contributed by atoms with E-state index in [0.717, 1.165) is 0 Å². The summed E-state index contributed by atoms with van der Waals surface area (Å²) in [6, 6.07) is 8.05. The van der Waals surface area contributed by atoms with Gasteiger partial charge in [-0.1, -0.05) is 17.7 Å². The first-order chi connectivity index (χ1) is 18.4. The smallest absolute Gasteiger partial charge is 0.219 e. The second-order valence-corrected chi connectivity index (χ2v) is 9.28. The van der Waals surface area contributed by atoms with E-state index in [1.165, 1.54) is 12.4 Å². The molecule has 1 aromatic heterocycles. The highest BCUT2D eigenvalue weighted by Crippen LogP contribution is 2.36. The zero-order valence-corrected chi connectivity index (χ0v) is 22.1. The third kappa shape index (κ3) is 6.98. The maximum absolute atomic E-state index is 14.5. The normalized spacial score (nSPS) is 14.9. The van der Waals surface area contributed by atoms with E-state index in [4.69, 9.17) is 25.8 Å². The lowest BCUT2D eigenvalue weighted by Gasteiger charge is -2.35. The molecule has 2 heterocycles. The van der Waals surface area contributed by atoms with Crippen molar-refractivity contribution in [2.45, 2.75) is 13.0 Å². The van der Waals surface area contributed by atoms with Gasteiger partial charge in [-0.2, -0.15) is 0 Å². The SMILES string of the molecule is COCCOc1cc2ncnc(Nc3cccc(Cl)c3F)c2cc1OCC(O)CN1CCN(C(C)=O)CC1. The number of aliphatic hydroxyl groups excluding tert-OH is 1. The van der Waals surface area contributed by atoms with E-state index >= 15 is 0 Å². The number of piperazine rings is 1. The summed E-state index contributed by atoms with van der Waals surface area (Å²) in [7, 11) is 1.58. The highest BCUT2D eigenvalue weighted by atomic mass is 35.5. The fourth-order valence-corrected chi connectivity index (χ4v) is 4.31. The van der Waals surface area contributed by atoms with Gasteiger partial charge >= 0.3 is 0 Å². The van der Waals surface area contributed by atoms with Gasteiger partial charge in [-0.05, 0) is 18.2 Å². The molecule has 38 heavy (non-hydrogen) atoms. The third-order valence-electron chi connectivity index (χ3n) is 6.17. The van der Waals surface area contributed by atoms with Crippen LogP contribution in [0.1, 0.15) is 6.92 Å². The maximum Gasteiger partial charge on any atom is 0.219 e. The van der Waals surface area contributed by atoms with Crippen LogP contribution in [0.4, 0.5) is 15.9 Å². The number of rotatable bonds is 11. The van der Waals surface area contributed by atoms with E-state index < -0.39 is 11.9 Å². The number of anilines is 2. The molecule has 204 valence electrons. The molecule has 1 atom stereocenters. The number of carbonyl (C=O) groups is 1. The summed E-state index contributed by atoms with van der Waals surface area (Å²) in [5.74, 6) is 0.619. The molecule has 1 saturated heterocycles. The molecule has 0 saturated carbocycles. The van der Waals surface area contributed by atoms with Crippen LogP contribution >= 0.6 is 11.6 Å². The van der Waals surface area contributed by atoms with Crippen LogP contribution in [0.25, 0.3) is 10.9 Å². The molecule has 0 aliphatic carbocycles. The lowest BCUT2D eigenvalue weighted by molar-refractivity contribution is -0.130. The van der Waals surface area contributed by atoms with E-state index in [2.05, 4.69) is 20.2 Å². The van der Waals surface area contributed by atoms with E-state index in [1.54, 1.807) is 43.2 Å². The first-order valence-electron chi connectivity index (χ1n) is 12.3. The Balaban J connectivity index is 1.52. The number of hydrogen-bond donors (Lipinski definition) is 2. The van der Waals surface area contributed by atoms with Crippen LogP contribution in [-0.2, 0) is 9.53 Å². The van der Waals surface area contributed by atoms with Gasteiger partial charge in [0.15, 0.2) is 17.3 Å². The van der Waals surface area contributed by atoms with Gasteiger partial charge in [-0.25, -0.2) is 14.4 Å². The van der Waals surface area contributed by atoms with Crippen molar-refractivity contribution in [3.63, 3.8) is 0 Å². The van der Waals surface area contributed by atoms with Gasteiger partial charge in [0.05, 0.1) is 22.8 Å². The lowest BCUT2D eigenvalue weighted by Crippen LogP contribution is -2.50. The van der Waals surface area contributed by atoms with Crippen molar-refractivity contribution in [3.8, 4) is 11.5 Å². The zero-order valence-electron chi connectivity index (χ0n) is 21.3. The number of halogens is 2. The molecule has 4 rings (SSSR count). The minimum absolute atomic E-state index is 0.0112. The van der Waals surface area contributed by atoms with Crippen molar-refractivity contribution in [1.29, 1.82) is 0 Å². The highest BCUT2D eigenvalue weighted by Gasteiger charge is 2.21. The molecule has 2 N–H and O–H groups in total. The first-order valence-corrected chi connectivity index (χ1v) is 12.6. The molecule has 10 nitrogen and oxygen atoms in total. The lowest BCUT2D eigenvalue weighted by atomic mass is 10.2. The molecule has 2 aromatic carbocycles. The number of amides is 1. The van der Waals surface area contributed by atoms with Crippen LogP contribution in [-0.4, -0.2) is 96.5 Å². The number of fused-ring (bicyclic) bond motifs is 1. The number of nitrogens with zero attached hydrogens (tertiary/aromatic N) is 4. The van der Waals surface area contributed by atoms with Crippen LogP contribution in [0.2, 0.25) is 5.02 Å². The molecule has 1 aliphatic heterocycles. The highest BCUT2D eigenvalue weighted by molar-refractivity contribution is 6.31. The Morgan fingerprint density at radius 2 is 1.92 bits per heavy atom. The van der Waals surface area contributed by atoms with E-state index in [-0.39, 0.29) is 29.8 Å². The molecular weight excluding hydrogens is 517 g/mol. The summed E-state index contributed by atoms with van der Waals surface area (Å²) in [5.41, 5.74) is 0.717. The minimum atomic E-state index is -0.772. The number of carbonyl (C=O) groups excluding carboxylic acids is 1. The Kier molecular flexibility index (Phi) is 9.51. The van der Waals surface area contributed by atoms with Crippen LogP contribution < -0.4 is 14.8 Å². The van der Waals surface area contributed by atoms with Gasteiger partial charge in [-0.15, -0.1) is 0 Å². The summed E-state index contributed by atoms with van der Waals surface area (Å²) < 4.78 is 31.5. The van der Waals surface area contributed by atoms with Crippen LogP contribution in [0, 0.1) is 5.82 Å². The van der Waals surface area contributed by atoms with Gasteiger partial charge in [0, 0.05) is 58.2 Å². The minimum Gasteiger partial charge on any atom is -0.487 e. The summed E-state index contributed by atoms with van der Waals surface area (Å²) in [6.45, 7) is 5.27. The monoisotopic (exact) mass is 547 g/mol. The van der Waals surface area contributed by atoms with Crippen LogP contribution in [0.15, 0.2) is 36.7 Å². The van der Waals surface area contributed by atoms with Crippen molar-refractivity contribution >= 4 is 39.9 Å². The predicted octanol–water partition coefficient (Wildman–Crippen LogP) is 3.09. The van der Waals surface area contributed by atoms with E-state index in [0.29, 0.717) is 67.6 Å². The number of aromatic nitrogens is 2. The average Bonchev–Trinajstić information content (AvgIpc) is 2.90. The zero-order chi connectivity index (χ0) is 27.1. The Bertz CT molecular complexity index is 1260. The fourth-order valence-electron chi connectivity index (χ4n) is 4.13. The molecule has 0 bridgehead atoms. The summed E-state index contributed by atoms with van der Waals surface area (Å²) in [4.78, 5) is 24.0. The number of aliphatic hydroxyl groups is 1. The third-order valence-corrected chi connectivity index (χ3v) is 6.46. The van der Waals surface area contributed by atoms with Crippen molar-refractivity contribution in [3.05, 3.63) is 47.5 Å². The van der Waals surface area contributed by atoms with Crippen molar-refractivity contribution in [2.24, 2.45) is 0 Å². The Morgan fingerprint density at radius 1 is 1.16 bits per heavy atom. The molecule has 0 radical (unpaired) electrons. The second kappa shape index (κ2) is 13.0. The van der Waals surface area contributed by atoms with Crippen molar-refractivity contribution in [2.75, 3.05) is 65.0 Å². The van der Waals surface area contributed by atoms with Gasteiger partial charge in [0.1, 0.15) is 31.5 Å². The van der Waals surface area contributed by atoms with Gasteiger partial charge < -0.3 is 29.5 Å². The first kappa shape index (κ1) is 27.8. The average molecular weight is 548 g/mol. The number of methoxy groups -OCH3 is 1. The Hall–Kier alpha value is -3.25. The molecule has 0 spiro atoms. The van der Waals surface area contributed by atoms with Gasteiger partial charge in [-0.3, -0.25) is 9.69 Å². The topological polar surface area (TPSA) is 109 Å². The van der Waals surface area contributed by atoms with Crippen molar-refractivity contribution < 1.29 is 28.5 Å². The molecule has 12 heteroatoms. The quantitative estimate of drug-likeness (QED) is 0.350. The largest absolute Gasteiger partial charge is 0.487 e. The van der Waals surface area contributed by atoms with E-state index in [9.17, 15) is 14.3 Å². The standard InChI is InChI=1S/C26H31ClFN5O5/c1-17(34)33-8-6-32(7-9-33)14-18(35)15-38-23-12-19-22(13-24(23)37-11-10-36-2)29-16-30-26(19)31-21-5-3-4-20(27)25(21)28/h3-5,12-13,16,18,35H,6-11,14-15H2,1-2H3,(H,29,30,31). The number of benzene rings is 2. The maximum atomic E-state index is 14.5. The molecule has 3 aromatic rings. The molecule has 1 unspecified atom stereocenters. The number of hydrogen-bond acceptors (Lipinski definition) is 9. The molecule has 1 aliphatic rings. The summed E-state index contributed by atoms with van der Waals surface area (Å²) in [6.07, 6.45) is 0.592. The Labute approximate surface area is 225 Å². The molecular formula is C26H31ClFN5O5. The van der Waals surface area contributed by atoms with Crippen LogP contribution in [0.5, 0.6) is 11.5 Å². The van der Waals surface area contributed by atoms with E-state index in [1.807, 2.05) is 0 Å². The van der Waals surface area contributed by atoms with Crippen LogP contribution in [0.3, 0.4) is 0 Å². The number of nitrogens with one attached hydrogen (secondary N) is 1. The molecule has 1 fully saturated rings. The van der Waals surface area contributed by atoms with Gasteiger partial charge in [0.2, 0.25) is 5.91 Å². The predicted molar refractivity (Wildman–Crippen MR) is 142 cm³/mol. The summed E-state index contributed by atoms with van der Waals surface area (Å²) >= 11 is 5.93. The number of ether oxygens (including phenoxy) is 3. The second-order valence-electron chi connectivity index (χ2n) is 8.88. The number of β-amino-alcohol motifs (C(OH)–C–C–N with tert-alkyl or cyclic N) is 1. The van der Waals surface area contributed by atoms with Gasteiger partial charge in [0.25, 0.3) is 0 Å². The fraction of sp³-hybridized carbons (Fsp3) is 0.423. The van der Waals surface area contributed by atoms with Crippen molar-refractivity contribution in [1.82, 2.24) is 19.8 Å². The molecule has 1 amide bonds. The Morgan fingerprint density at radius 3 is 2.66 bits per heavy atom.